The summed E-state index contributed by atoms with van der Waals surface area (Å²) in [6, 6.07) is 15.1. The monoisotopic (exact) mass is 708 g/mol. The third kappa shape index (κ3) is 9.41. The van der Waals surface area contributed by atoms with E-state index in [4.69, 9.17) is 17.3 Å². The second kappa shape index (κ2) is 16.9. The Morgan fingerprint density at radius 1 is 1.02 bits per heavy atom. The average Bonchev–Trinajstić information content (AvgIpc) is 3.11. The van der Waals surface area contributed by atoms with E-state index < -0.39 is 17.5 Å². The van der Waals surface area contributed by atoms with Crippen molar-refractivity contribution in [1.29, 1.82) is 0 Å². The van der Waals surface area contributed by atoms with Gasteiger partial charge in [-0.15, -0.1) is 0 Å². The van der Waals surface area contributed by atoms with Crippen LogP contribution in [0.5, 0.6) is 0 Å². The zero-order chi connectivity index (χ0) is 36.7. The van der Waals surface area contributed by atoms with E-state index in [1.165, 1.54) is 51.2 Å². The minimum Gasteiger partial charge on any atom is -0.453 e. The van der Waals surface area contributed by atoms with E-state index in [0.29, 0.717) is 23.3 Å². The number of hydrogen-bond donors (Lipinski definition) is 2. The lowest BCUT2D eigenvalue weighted by molar-refractivity contribution is -0.140. The highest BCUT2D eigenvalue weighted by Gasteiger charge is 2.44. The van der Waals surface area contributed by atoms with Crippen molar-refractivity contribution in [2.45, 2.75) is 122 Å². The number of benzene rings is 2. The summed E-state index contributed by atoms with van der Waals surface area (Å²) >= 11 is 6.14. The van der Waals surface area contributed by atoms with Crippen LogP contribution in [0.1, 0.15) is 109 Å². The van der Waals surface area contributed by atoms with E-state index in [9.17, 15) is 14.4 Å². The van der Waals surface area contributed by atoms with E-state index in [1.54, 1.807) is 11.9 Å². The van der Waals surface area contributed by atoms with Crippen molar-refractivity contribution in [2.24, 2.45) is 23.0 Å². The van der Waals surface area contributed by atoms with Gasteiger partial charge in [0.25, 0.3) is 0 Å². The molecule has 2 aromatic carbocycles. The topological polar surface area (TPSA) is 105 Å². The maximum atomic E-state index is 14.1. The number of ether oxygens (including phenoxy) is 1. The predicted octanol–water partition coefficient (Wildman–Crippen LogP) is 7.89. The van der Waals surface area contributed by atoms with Crippen LogP contribution < -0.4 is 11.1 Å². The van der Waals surface area contributed by atoms with Crippen molar-refractivity contribution in [1.82, 2.24) is 15.1 Å². The highest BCUT2D eigenvalue weighted by atomic mass is 35.5. The Hall–Kier alpha value is -3.10. The van der Waals surface area contributed by atoms with Crippen molar-refractivity contribution in [3.05, 3.63) is 70.2 Å². The lowest BCUT2D eigenvalue weighted by atomic mass is 9.62. The zero-order valence-electron chi connectivity index (χ0n) is 31.5. The summed E-state index contributed by atoms with van der Waals surface area (Å²) in [7, 11) is 3.09. The minimum atomic E-state index is -0.793. The number of fused-ring (bicyclic) bond motifs is 1. The first-order chi connectivity index (χ1) is 23.6. The largest absolute Gasteiger partial charge is 0.453 e. The molecule has 1 aliphatic heterocycles. The number of halogens is 1. The molecule has 1 heterocycles. The summed E-state index contributed by atoms with van der Waals surface area (Å²) in [4.78, 5) is 42.3. The van der Waals surface area contributed by atoms with Crippen molar-refractivity contribution in [2.75, 3.05) is 27.2 Å². The summed E-state index contributed by atoms with van der Waals surface area (Å²) in [5.41, 5.74) is 9.45. The van der Waals surface area contributed by atoms with Gasteiger partial charge in [-0.1, -0.05) is 80.6 Å². The zero-order valence-corrected chi connectivity index (χ0v) is 32.3. The minimum absolute atomic E-state index is 0.0200. The Bertz CT molecular complexity index is 1440. The maximum absolute atomic E-state index is 14.1. The lowest BCUT2D eigenvalue weighted by Gasteiger charge is -2.48. The molecular weight excluding hydrogens is 648 g/mol. The van der Waals surface area contributed by atoms with Crippen molar-refractivity contribution < 1.29 is 19.1 Å². The van der Waals surface area contributed by atoms with Gasteiger partial charge in [-0.05, 0) is 106 Å². The average molecular weight is 709 g/mol. The molecular formula is C41H61ClN4O4. The third-order valence-electron chi connectivity index (χ3n) is 12.0. The maximum Gasteiger partial charge on any atom is 0.409 e. The van der Waals surface area contributed by atoms with Crippen LogP contribution in [0.4, 0.5) is 4.79 Å². The summed E-state index contributed by atoms with van der Waals surface area (Å²) < 4.78 is 4.53. The van der Waals surface area contributed by atoms with Crippen LogP contribution in [0, 0.1) is 17.3 Å². The van der Waals surface area contributed by atoms with Gasteiger partial charge in [0, 0.05) is 37.1 Å². The van der Waals surface area contributed by atoms with E-state index in [-0.39, 0.29) is 23.4 Å². The first-order valence-electron chi connectivity index (χ1n) is 18.7. The van der Waals surface area contributed by atoms with Crippen LogP contribution in [0.2, 0.25) is 5.02 Å². The first kappa shape index (κ1) is 39.7. The van der Waals surface area contributed by atoms with Crippen LogP contribution in [-0.4, -0.2) is 66.5 Å². The van der Waals surface area contributed by atoms with Gasteiger partial charge in [0.15, 0.2) is 0 Å². The SMILES string of the molecule is CCC1(C2CCCCC2)CCN(C(=O)[C@@H](Cc2ccc(Cl)cc2)NC(=O)[C@@H]2CCc3ccccc3[C@]2(C)N)CC1.COC(=O)N(C)C(C)(C)C. The number of nitrogens with two attached hydrogens (primary N) is 1. The molecule has 2 aromatic rings. The Morgan fingerprint density at radius 3 is 2.20 bits per heavy atom. The molecule has 2 aliphatic carbocycles. The molecule has 0 spiro atoms. The van der Waals surface area contributed by atoms with Crippen molar-refractivity contribution in [3.63, 3.8) is 0 Å². The number of carbonyl (C=O) groups is 3. The number of hydrogen-bond acceptors (Lipinski definition) is 5. The Balaban J connectivity index is 0.000000490. The number of aryl methyl sites for hydroxylation is 1. The van der Waals surface area contributed by atoms with E-state index in [2.05, 4.69) is 23.0 Å². The molecule has 276 valence electrons. The third-order valence-corrected chi connectivity index (χ3v) is 12.3. The number of piperidine rings is 1. The predicted molar refractivity (Wildman–Crippen MR) is 202 cm³/mol. The van der Waals surface area contributed by atoms with Crippen LogP contribution in [0.25, 0.3) is 0 Å². The summed E-state index contributed by atoms with van der Waals surface area (Å²) in [6.07, 6.45) is 11.6. The van der Waals surface area contributed by atoms with E-state index >= 15 is 0 Å². The highest BCUT2D eigenvalue weighted by molar-refractivity contribution is 6.30. The number of nitrogens with one attached hydrogen (secondary N) is 1. The number of rotatable bonds is 7. The quantitative estimate of drug-likeness (QED) is 0.305. The second-order valence-electron chi connectivity index (χ2n) is 16.0. The van der Waals surface area contributed by atoms with Gasteiger partial charge in [-0.2, -0.15) is 0 Å². The van der Waals surface area contributed by atoms with Gasteiger partial charge in [-0.3, -0.25) is 9.59 Å². The first-order valence-corrected chi connectivity index (χ1v) is 19.0. The molecule has 0 aromatic heterocycles. The molecule has 0 radical (unpaired) electrons. The van der Waals surface area contributed by atoms with Crippen LogP contribution >= 0.6 is 11.6 Å². The van der Waals surface area contributed by atoms with Crippen LogP contribution in [0.3, 0.4) is 0 Å². The van der Waals surface area contributed by atoms with Gasteiger partial charge in [0.1, 0.15) is 6.04 Å². The molecule has 3 atom stereocenters. The number of methoxy groups -OCH3 is 1. The Morgan fingerprint density at radius 2 is 1.64 bits per heavy atom. The molecule has 1 saturated carbocycles. The molecule has 2 fully saturated rings. The van der Waals surface area contributed by atoms with Gasteiger partial charge >= 0.3 is 6.09 Å². The highest BCUT2D eigenvalue weighted by Crippen LogP contribution is 2.48. The molecule has 0 unspecified atom stereocenters. The Kier molecular flexibility index (Phi) is 13.4. The van der Waals surface area contributed by atoms with Gasteiger partial charge in [-0.25, -0.2) is 4.79 Å². The fourth-order valence-electron chi connectivity index (χ4n) is 8.35. The Labute approximate surface area is 305 Å². The molecule has 3 N–H and O–H groups in total. The fraction of sp³-hybridized carbons (Fsp3) is 0.634. The summed E-state index contributed by atoms with van der Waals surface area (Å²) in [5.74, 6) is 0.272. The summed E-state index contributed by atoms with van der Waals surface area (Å²) in [6.45, 7) is 11.7. The second-order valence-corrected chi connectivity index (χ2v) is 16.4. The summed E-state index contributed by atoms with van der Waals surface area (Å²) in [5, 5.41) is 3.85. The number of amides is 3. The fourth-order valence-corrected chi connectivity index (χ4v) is 8.48. The molecule has 3 aliphatic rings. The number of nitrogens with zero attached hydrogens (tertiary/aromatic N) is 2. The smallest absolute Gasteiger partial charge is 0.409 e. The lowest BCUT2D eigenvalue weighted by Crippen LogP contribution is -2.57. The normalized spacial score (nSPS) is 22.7. The van der Waals surface area contributed by atoms with Crippen LogP contribution in [-0.2, 0) is 32.7 Å². The van der Waals surface area contributed by atoms with Crippen LogP contribution in [0.15, 0.2) is 48.5 Å². The molecule has 3 amide bonds. The van der Waals surface area contributed by atoms with Crippen molar-refractivity contribution in [3.8, 4) is 0 Å². The van der Waals surface area contributed by atoms with E-state index in [0.717, 1.165) is 49.4 Å². The molecule has 9 heteroatoms. The molecule has 1 saturated heterocycles. The molecule has 0 bridgehead atoms. The number of carbonyl (C=O) groups excluding carboxylic acids is 3. The van der Waals surface area contributed by atoms with Crippen molar-refractivity contribution >= 4 is 29.5 Å². The van der Waals surface area contributed by atoms with E-state index in [1.807, 2.05) is 75.1 Å². The molecule has 5 rings (SSSR count). The number of likely N-dealkylation sites (tertiary alicyclic amines) is 1. The van der Waals surface area contributed by atoms with Gasteiger partial charge in [0.05, 0.1) is 18.6 Å². The standard InChI is InChI=1S/C34H46ClN3O2.C7H15NO2/c1-3-34(26-10-5-4-6-11-26)19-21-38(22-20-34)32(40)30(23-24-13-16-27(35)17-14-24)37-31(39)29-18-15-25-9-7-8-12-28(25)33(29,2)36;1-7(2,3)8(4)6(9)10-5/h7-9,12-14,16-17,26,29-30H,3-6,10-11,15,18-23,36H2,1-2H3,(H,37,39);1-5H3/t29-,30+,33-;/m0./s1. The van der Waals surface area contributed by atoms with Gasteiger partial charge in [0.2, 0.25) is 11.8 Å². The molecule has 8 nitrogen and oxygen atoms in total. The molecule has 50 heavy (non-hydrogen) atoms. The van der Waals surface area contributed by atoms with Gasteiger partial charge < -0.3 is 25.6 Å².